The van der Waals surface area contributed by atoms with E-state index in [2.05, 4.69) is 15.0 Å². The SMILES string of the molecule is CCCN(Cc1nc2cc(Cl)ccc2c(=O)[nH]1)C(=O)c1cc2cc(C)ccc2nc1C. The van der Waals surface area contributed by atoms with Gasteiger partial charge in [0.1, 0.15) is 5.82 Å². The summed E-state index contributed by atoms with van der Waals surface area (Å²) < 4.78 is 0. The lowest BCUT2D eigenvalue weighted by Crippen LogP contribution is -2.33. The molecule has 0 bridgehead atoms. The summed E-state index contributed by atoms with van der Waals surface area (Å²) in [6, 6.07) is 12.8. The van der Waals surface area contributed by atoms with Crippen LogP contribution in [-0.4, -0.2) is 32.3 Å². The Morgan fingerprint density at radius 2 is 1.87 bits per heavy atom. The summed E-state index contributed by atoms with van der Waals surface area (Å²) in [5.41, 5.74) is 3.46. The number of aryl methyl sites for hydroxylation is 2. The second-order valence-corrected chi connectivity index (χ2v) is 8.15. The zero-order valence-electron chi connectivity index (χ0n) is 17.7. The first-order valence-electron chi connectivity index (χ1n) is 10.2. The second-order valence-electron chi connectivity index (χ2n) is 7.72. The molecule has 4 rings (SSSR count). The van der Waals surface area contributed by atoms with Gasteiger partial charge in [0.05, 0.1) is 34.2 Å². The quantitative estimate of drug-likeness (QED) is 0.489. The average molecular weight is 435 g/mol. The third-order valence-corrected chi connectivity index (χ3v) is 5.47. The normalized spacial score (nSPS) is 11.2. The van der Waals surface area contributed by atoms with E-state index in [1.54, 1.807) is 23.1 Å². The first-order chi connectivity index (χ1) is 14.9. The van der Waals surface area contributed by atoms with Crippen LogP contribution in [0.4, 0.5) is 0 Å². The van der Waals surface area contributed by atoms with Crippen molar-refractivity contribution in [3.05, 3.63) is 80.5 Å². The van der Waals surface area contributed by atoms with Crippen LogP contribution in [0.25, 0.3) is 21.8 Å². The molecule has 7 heteroatoms. The lowest BCUT2D eigenvalue weighted by atomic mass is 10.1. The molecule has 0 radical (unpaired) electrons. The summed E-state index contributed by atoms with van der Waals surface area (Å²) in [7, 11) is 0. The zero-order chi connectivity index (χ0) is 22.1. The Morgan fingerprint density at radius 1 is 1.06 bits per heavy atom. The maximum atomic E-state index is 13.4. The van der Waals surface area contributed by atoms with E-state index in [4.69, 9.17) is 11.6 Å². The lowest BCUT2D eigenvalue weighted by Gasteiger charge is -2.22. The minimum Gasteiger partial charge on any atom is -0.331 e. The summed E-state index contributed by atoms with van der Waals surface area (Å²) in [6.45, 7) is 6.58. The molecule has 1 amide bonds. The number of hydrogen-bond donors (Lipinski definition) is 1. The molecule has 2 aromatic heterocycles. The van der Waals surface area contributed by atoms with Crippen LogP contribution >= 0.6 is 11.6 Å². The third kappa shape index (κ3) is 4.30. The maximum absolute atomic E-state index is 13.4. The van der Waals surface area contributed by atoms with E-state index in [1.165, 1.54) is 0 Å². The molecule has 158 valence electrons. The third-order valence-electron chi connectivity index (χ3n) is 5.23. The van der Waals surface area contributed by atoms with E-state index >= 15 is 0 Å². The molecule has 0 saturated carbocycles. The van der Waals surface area contributed by atoms with Crippen LogP contribution in [-0.2, 0) is 6.54 Å². The Bertz CT molecular complexity index is 1360. The molecular weight excluding hydrogens is 412 g/mol. The molecule has 0 saturated heterocycles. The van der Waals surface area contributed by atoms with Gasteiger partial charge in [0.2, 0.25) is 0 Å². The van der Waals surface area contributed by atoms with Crippen LogP contribution in [0.3, 0.4) is 0 Å². The molecule has 0 spiro atoms. The number of rotatable bonds is 5. The highest BCUT2D eigenvalue weighted by molar-refractivity contribution is 6.31. The highest BCUT2D eigenvalue weighted by Crippen LogP contribution is 2.21. The molecule has 0 aliphatic heterocycles. The summed E-state index contributed by atoms with van der Waals surface area (Å²) >= 11 is 6.06. The van der Waals surface area contributed by atoms with Crippen molar-refractivity contribution in [2.75, 3.05) is 6.54 Å². The number of carbonyl (C=O) groups excluding carboxylic acids is 1. The molecular formula is C24H23ClN4O2. The largest absolute Gasteiger partial charge is 0.331 e. The number of benzene rings is 2. The minimum atomic E-state index is -0.250. The number of nitrogens with zero attached hydrogens (tertiary/aromatic N) is 3. The van der Waals surface area contributed by atoms with Crippen LogP contribution in [0.5, 0.6) is 0 Å². The monoisotopic (exact) mass is 434 g/mol. The summed E-state index contributed by atoms with van der Waals surface area (Å²) in [5.74, 6) is 0.285. The zero-order valence-corrected chi connectivity index (χ0v) is 18.5. The number of hydrogen-bond acceptors (Lipinski definition) is 4. The van der Waals surface area contributed by atoms with E-state index in [0.29, 0.717) is 39.6 Å². The van der Waals surface area contributed by atoms with Gasteiger partial charge in [0, 0.05) is 17.0 Å². The predicted molar refractivity (Wildman–Crippen MR) is 124 cm³/mol. The van der Waals surface area contributed by atoms with Crippen LogP contribution in [0.1, 0.15) is 40.8 Å². The molecule has 2 heterocycles. The van der Waals surface area contributed by atoms with Gasteiger partial charge >= 0.3 is 0 Å². The number of H-pyrrole nitrogens is 1. The van der Waals surface area contributed by atoms with Crippen molar-refractivity contribution in [3.8, 4) is 0 Å². The number of pyridine rings is 1. The predicted octanol–water partition coefficient (Wildman–Crippen LogP) is 4.79. The molecule has 4 aromatic rings. The van der Waals surface area contributed by atoms with Gasteiger partial charge in [-0.25, -0.2) is 4.98 Å². The van der Waals surface area contributed by atoms with Crippen molar-refractivity contribution in [3.63, 3.8) is 0 Å². The molecule has 0 unspecified atom stereocenters. The smallest absolute Gasteiger partial charge is 0.258 e. The Morgan fingerprint density at radius 3 is 2.65 bits per heavy atom. The number of nitrogens with one attached hydrogen (secondary N) is 1. The molecule has 6 nitrogen and oxygen atoms in total. The van der Waals surface area contributed by atoms with E-state index in [1.807, 2.05) is 45.0 Å². The van der Waals surface area contributed by atoms with Gasteiger partial charge in [-0.15, -0.1) is 0 Å². The van der Waals surface area contributed by atoms with Crippen LogP contribution in [0.15, 0.2) is 47.3 Å². The fraction of sp³-hybridized carbons (Fsp3) is 0.250. The molecule has 0 atom stereocenters. The number of aromatic nitrogens is 3. The van der Waals surface area contributed by atoms with Gasteiger partial charge in [-0.3, -0.25) is 14.6 Å². The number of halogens is 1. The van der Waals surface area contributed by atoms with Crippen molar-refractivity contribution in [2.45, 2.75) is 33.7 Å². The minimum absolute atomic E-state index is 0.135. The van der Waals surface area contributed by atoms with E-state index in [0.717, 1.165) is 22.9 Å². The van der Waals surface area contributed by atoms with Crippen molar-refractivity contribution < 1.29 is 4.79 Å². The van der Waals surface area contributed by atoms with Gasteiger partial charge in [-0.1, -0.05) is 30.2 Å². The van der Waals surface area contributed by atoms with Gasteiger partial charge in [0.25, 0.3) is 11.5 Å². The van der Waals surface area contributed by atoms with Crippen molar-refractivity contribution in [1.82, 2.24) is 19.9 Å². The highest BCUT2D eigenvalue weighted by atomic mass is 35.5. The highest BCUT2D eigenvalue weighted by Gasteiger charge is 2.20. The van der Waals surface area contributed by atoms with Crippen molar-refractivity contribution in [1.29, 1.82) is 0 Å². The first kappa shape index (κ1) is 21.0. The standard InChI is InChI=1S/C24H23ClN4O2/c1-4-9-29(13-22-27-21-12-17(25)6-7-18(21)23(30)28-22)24(31)19-11-16-10-14(2)5-8-20(16)26-15(19)3/h5-8,10-12H,4,9,13H2,1-3H3,(H,27,28,30). The van der Waals surface area contributed by atoms with Gasteiger partial charge < -0.3 is 9.88 Å². The molecule has 0 fully saturated rings. The molecule has 2 aromatic carbocycles. The molecule has 0 aliphatic carbocycles. The van der Waals surface area contributed by atoms with E-state index < -0.39 is 0 Å². The summed E-state index contributed by atoms with van der Waals surface area (Å²) in [6.07, 6.45) is 0.772. The molecule has 31 heavy (non-hydrogen) atoms. The Kier molecular flexibility index (Phi) is 5.74. The topological polar surface area (TPSA) is 79.0 Å². The number of amides is 1. The maximum Gasteiger partial charge on any atom is 0.258 e. The van der Waals surface area contributed by atoms with E-state index in [9.17, 15) is 9.59 Å². The van der Waals surface area contributed by atoms with Crippen LogP contribution in [0, 0.1) is 13.8 Å². The number of aromatic amines is 1. The van der Waals surface area contributed by atoms with Crippen LogP contribution < -0.4 is 5.56 Å². The Hall–Kier alpha value is -3.25. The molecule has 0 aliphatic rings. The van der Waals surface area contributed by atoms with Gasteiger partial charge in [-0.2, -0.15) is 0 Å². The van der Waals surface area contributed by atoms with Gasteiger partial charge in [-0.05, 0) is 56.7 Å². The van der Waals surface area contributed by atoms with Gasteiger partial charge in [0.15, 0.2) is 0 Å². The fourth-order valence-corrected chi connectivity index (χ4v) is 3.88. The average Bonchev–Trinajstić information content (AvgIpc) is 2.72. The Balaban J connectivity index is 1.71. The first-order valence-corrected chi connectivity index (χ1v) is 10.6. The van der Waals surface area contributed by atoms with E-state index in [-0.39, 0.29) is 18.0 Å². The molecule has 1 N–H and O–H groups in total. The number of carbonyl (C=O) groups is 1. The fourth-order valence-electron chi connectivity index (χ4n) is 3.72. The lowest BCUT2D eigenvalue weighted by molar-refractivity contribution is 0.0738. The second kappa shape index (κ2) is 8.47. The Labute approximate surface area is 184 Å². The van der Waals surface area contributed by atoms with Crippen LogP contribution in [0.2, 0.25) is 5.02 Å². The summed E-state index contributed by atoms with van der Waals surface area (Å²) in [5, 5.41) is 1.90. The van der Waals surface area contributed by atoms with Crippen molar-refractivity contribution >= 4 is 39.3 Å². The summed E-state index contributed by atoms with van der Waals surface area (Å²) in [4.78, 5) is 39.5. The van der Waals surface area contributed by atoms with Crippen molar-refractivity contribution in [2.24, 2.45) is 0 Å². The number of fused-ring (bicyclic) bond motifs is 2.